The van der Waals surface area contributed by atoms with Crippen LogP contribution in [-0.2, 0) is 32.2 Å². The van der Waals surface area contributed by atoms with Crippen molar-refractivity contribution >= 4 is 33.1 Å². The van der Waals surface area contributed by atoms with Crippen LogP contribution in [0.4, 0.5) is 0 Å². The van der Waals surface area contributed by atoms with E-state index in [2.05, 4.69) is 0 Å². The van der Waals surface area contributed by atoms with Crippen molar-refractivity contribution in [2.45, 2.75) is 51.7 Å². The summed E-state index contributed by atoms with van der Waals surface area (Å²) in [5, 5.41) is 0. The van der Waals surface area contributed by atoms with Gasteiger partial charge in [0.05, 0.1) is 11.5 Å². The van der Waals surface area contributed by atoms with Crippen LogP contribution in [0.5, 0.6) is 0 Å². The van der Waals surface area contributed by atoms with Gasteiger partial charge in [-0.2, -0.15) is 0 Å². The Kier molecular flexibility index (Phi) is 5.20. The molecule has 8 heteroatoms. The van der Waals surface area contributed by atoms with Crippen LogP contribution in [-0.4, -0.2) is 55.4 Å². The lowest BCUT2D eigenvalue weighted by Gasteiger charge is -2.29. The Labute approximate surface area is 152 Å². The third-order valence-corrected chi connectivity index (χ3v) is 7.82. The molecule has 0 unspecified atom stereocenters. The lowest BCUT2D eigenvalue weighted by atomic mass is 10.2. The first-order valence-corrected chi connectivity index (χ1v) is 11.3. The quantitative estimate of drug-likeness (QED) is 0.722. The third-order valence-electron chi connectivity index (χ3n) is 4.85. The molecule has 3 rings (SSSR count). The monoisotopic (exact) mass is 385 g/mol. The second-order valence-electron chi connectivity index (χ2n) is 6.64. The van der Waals surface area contributed by atoms with Crippen LogP contribution in [0.25, 0.3) is 0 Å². The normalized spacial score (nSPS) is 22.4. The number of carbonyl (C=O) groups excluding carboxylic acids is 2. The van der Waals surface area contributed by atoms with Crippen LogP contribution >= 0.6 is 11.3 Å². The first-order chi connectivity index (χ1) is 11.8. The molecule has 0 spiro atoms. The summed E-state index contributed by atoms with van der Waals surface area (Å²) in [5.41, 5.74) is 1.21. The maximum atomic E-state index is 12.6. The highest BCUT2D eigenvalue weighted by atomic mass is 32.2. The Morgan fingerprint density at radius 3 is 2.76 bits per heavy atom. The molecule has 2 heterocycles. The zero-order chi connectivity index (χ0) is 18.2. The highest BCUT2D eigenvalue weighted by Gasteiger charge is 2.36. The van der Waals surface area contributed by atoms with Crippen molar-refractivity contribution in [2.24, 2.45) is 0 Å². The second-order valence-corrected chi connectivity index (χ2v) is 10.0. The van der Waals surface area contributed by atoms with Gasteiger partial charge < -0.3 is 9.64 Å². The van der Waals surface area contributed by atoms with Crippen LogP contribution in [0.3, 0.4) is 0 Å². The molecule has 1 aromatic rings. The van der Waals surface area contributed by atoms with Crippen LogP contribution in [0, 0.1) is 0 Å². The van der Waals surface area contributed by atoms with Crippen LogP contribution in [0.15, 0.2) is 6.07 Å². The number of aryl methyl sites for hydroxylation is 2. The minimum absolute atomic E-state index is 0.00904. The molecule has 1 amide bonds. The molecule has 0 bridgehead atoms. The number of hydrogen-bond donors (Lipinski definition) is 0. The number of carbonyl (C=O) groups is 2. The van der Waals surface area contributed by atoms with Gasteiger partial charge in [-0.25, -0.2) is 13.2 Å². The zero-order valence-electron chi connectivity index (χ0n) is 14.5. The molecule has 1 aromatic heterocycles. The van der Waals surface area contributed by atoms with Gasteiger partial charge in [0.1, 0.15) is 4.88 Å². The first kappa shape index (κ1) is 18.4. The van der Waals surface area contributed by atoms with E-state index in [-0.39, 0.29) is 23.5 Å². The summed E-state index contributed by atoms with van der Waals surface area (Å²) in [6.07, 6.45) is 2.64. The van der Waals surface area contributed by atoms with Crippen molar-refractivity contribution in [3.63, 3.8) is 0 Å². The molecule has 0 aromatic carbocycles. The smallest absolute Gasteiger partial charge is 0.349 e. The molecule has 1 aliphatic carbocycles. The molecule has 0 saturated carbocycles. The summed E-state index contributed by atoms with van der Waals surface area (Å²) >= 11 is 1.44. The topological polar surface area (TPSA) is 80.8 Å². The summed E-state index contributed by atoms with van der Waals surface area (Å²) < 4.78 is 28.7. The summed E-state index contributed by atoms with van der Waals surface area (Å²) in [7, 11) is -3.07. The predicted molar refractivity (Wildman–Crippen MR) is 95.7 cm³/mol. The molecule has 2 aliphatic rings. The van der Waals surface area contributed by atoms with Crippen molar-refractivity contribution in [3.8, 4) is 0 Å². The van der Waals surface area contributed by atoms with E-state index in [0.717, 1.165) is 19.3 Å². The minimum atomic E-state index is -3.07. The largest absolute Gasteiger partial charge is 0.448 e. The number of amides is 1. The Morgan fingerprint density at radius 2 is 2.16 bits per heavy atom. The summed E-state index contributed by atoms with van der Waals surface area (Å²) in [4.78, 5) is 28.3. The van der Waals surface area contributed by atoms with Crippen molar-refractivity contribution in [2.75, 3.05) is 18.1 Å². The van der Waals surface area contributed by atoms with Crippen LogP contribution in [0.2, 0.25) is 0 Å². The van der Waals surface area contributed by atoms with E-state index in [4.69, 9.17) is 4.74 Å². The van der Waals surface area contributed by atoms with Crippen LogP contribution < -0.4 is 0 Å². The Balaban J connectivity index is 1.63. The molecule has 25 heavy (non-hydrogen) atoms. The van der Waals surface area contributed by atoms with Crippen molar-refractivity contribution in [3.05, 3.63) is 21.4 Å². The zero-order valence-corrected chi connectivity index (χ0v) is 16.1. The molecule has 6 nitrogen and oxygen atoms in total. The number of likely N-dealkylation sites (N-methyl/N-ethyl adjacent to an activating group) is 1. The molecule has 1 fully saturated rings. The van der Waals surface area contributed by atoms with Gasteiger partial charge in [-0.3, -0.25) is 4.79 Å². The SMILES string of the molecule is CCN(C(=O)[C@@H](C)OC(=O)c1cc2c(s1)CCC2)[C@@H]1CCS(=O)(=O)C1. The Morgan fingerprint density at radius 1 is 1.40 bits per heavy atom. The number of rotatable bonds is 5. The molecule has 0 radical (unpaired) electrons. The summed E-state index contributed by atoms with van der Waals surface area (Å²) in [6, 6.07) is 1.54. The highest BCUT2D eigenvalue weighted by Crippen LogP contribution is 2.31. The molecule has 2 atom stereocenters. The number of sulfone groups is 1. The highest BCUT2D eigenvalue weighted by molar-refractivity contribution is 7.91. The maximum Gasteiger partial charge on any atom is 0.349 e. The minimum Gasteiger partial charge on any atom is -0.448 e. The Hall–Kier alpha value is -1.41. The molecular formula is C17H23NO5S2. The first-order valence-electron chi connectivity index (χ1n) is 8.64. The fourth-order valence-electron chi connectivity index (χ4n) is 3.55. The van der Waals surface area contributed by atoms with Gasteiger partial charge in [-0.05, 0) is 51.2 Å². The second kappa shape index (κ2) is 7.07. The molecule has 1 aliphatic heterocycles. The molecule has 0 N–H and O–H groups in total. The van der Waals surface area contributed by atoms with Crippen molar-refractivity contribution in [1.29, 1.82) is 0 Å². The fourth-order valence-corrected chi connectivity index (χ4v) is 6.41. The number of hydrogen-bond acceptors (Lipinski definition) is 6. The van der Waals surface area contributed by atoms with E-state index < -0.39 is 21.9 Å². The number of nitrogens with zero attached hydrogens (tertiary/aromatic N) is 1. The van der Waals surface area contributed by atoms with E-state index >= 15 is 0 Å². The van der Waals surface area contributed by atoms with Crippen LogP contribution in [0.1, 0.15) is 46.8 Å². The number of thiophene rings is 1. The van der Waals surface area contributed by atoms with E-state index in [9.17, 15) is 18.0 Å². The van der Waals surface area contributed by atoms with Gasteiger partial charge in [0.15, 0.2) is 15.9 Å². The van der Waals surface area contributed by atoms with Gasteiger partial charge >= 0.3 is 5.97 Å². The van der Waals surface area contributed by atoms with Crippen molar-refractivity contribution < 1.29 is 22.7 Å². The van der Waals surface area contributed by atoms with E-state index in [1.165, 1.54) is 26.7 Å². The predicted octanol–water partition coefficient (Wildman–Crippen LogP) is 1.82. The van der Waals surface area contributed by atoms with Gasteiger partial charge in [0.25, 0.3) is 5.91 Å². The van der Waals surface area contributed by atoms with E-state index in [1.807, 2.05) is 6.07 Å². The number of ether oxygens (including phenoxy) is 1. The van der Waals surface area contributed by atoms with Gasteiger partial charge in [0.2, 0.25) is 0 Å². The summed E-state index contributed by atoms with van der Waals surface area (Å²) in [6.45, 7) is 3.75. The summed E-state index contributed by atoms with van der Waals surface area (Å²) in [5.74, 6) is -0.710. The molecule has 138 valence electrons. The molecule has 1 saturated heterocycles. The van der Waals surface area contributed by atoms with Gasteiger partial charge in [0, 0.05) is 17.5 Å². The van der Waals surface area contributed by atoms with E-state index in [1.54, 1.807) is 13.8 Å². The number of esters is 1. The number of fused-ring (bicyclic) bond motifs is 1. The van der Waals surface area contributed by atoms with Gasteiger partial charge in [-0.1, -0.05) is 0 Å². The standard InChI is InChI=1S/C17H23NO5S2/c1-3-18(13-7-8-25(21,22)10-13)16(19)11(2)23-17(20)15-9-12-5-4-6-14(12)24-15/h9,11,13H,3-8,10H2,1-2H3/t11-,13-/m1/s1. The average molecular weight is 386 g/mol. The molecular weight excluding hydrogens is 362 g/mol. The maximum absolute atomic E-state index is 12.6. The average Bonchev–Trinajstić information content (AvgIpc) is 3.22. The van der Waals surface area contributed by atoms with E-state index in [0.29, 0.717) is 17.8 Å². The lowest BCUT2D eigenvalue weighted by molar-refractivity contribution is -0.141. The Bertz CT molecular complexity index is 761. The van der Waals surface area contributed by atoms with Crippen molar-refractivity contribution in [1.82, 2.24) is 4.90 Å². The fraction of sp³-hybridized carbons (Fsp3) is 0.647. The third kappa shape index (κ3) is 3.89. The van der Waals surface area contributed by atoms with Gasteiger partial charge in [-0.15, -0.1) is 11.3 Å². The lowest BCUT2D eigenvalue weighted by Crippen LogP contribution is -2.46.